The van der Waals surface area contributed by atoms with E-state index >= 15 is 0 Å². The molecule has 2 fully saturated rings. The van der Waals surface area contributed by atoms with Crippen LogP contribution in [0.4, 0.5) is 0 Å². The highest BCUT2D eigenvalue weighted by Gasteiger charge is 2.30. The molecule has 2 aliphatic rings. The Morgan fingerprint density at radius 2 is 1.50 bits per heavy atom. The molecule has 70 valence electrons. The number of rotatable bonds is 1. The van der Waals surface area contributed by atoms with Crippen LogP contribution in [0.3, 0.4) is 0 Å². The SMILES string of the molecule is ClC1CCC(C2CCCCC2)C1. The molecule has 0 spiro atoms. The number of alkyl halides is 1. The van der Waals surface area contributed by atoms with Crippen molar-refractivity contribution in [3.63, 3.8) is 0 Å². The standard InChI is InChI=1S/C11H19Cl/c12-11-7-6-10(8-11)9-4-2-1-3-5-9/h9-11H,1-8H2. The van der Waals surface area contributed by atoms with Crippen LogP contribution in [0.1, 0.15) is 51.4 Å². The van der Waals surface area contributed by atoms with Crippen molar-refractivity contribution in [3.05, 3.63) is 0 Å². The predicted octanol–water partition coefficient (Wildman–Crippen LogP) is 3.97. The van der Waals surface area contributed by atoms with Crippen LogP contribution >= 0.6 is 11.6 Å². The maximum absolute atomic E-state index is 6.13. The monoisotopic (exact) mass is 186 g/mol. The van der Waals surface area contributed by atoms with Crippen molar-refractivity contribution in [2.24, 2.45) is 11.8 Å². The smallest absolute Gasteiger partial charge is 0.0338 e. The van der Waals surface area contributed by atoms with Crippen LogP contribution in [0, 0.1) is 11.8 Å². The summed E-state index contributed by atoms with van der Waals surface area (Å²) in [5, 5.41) is 0.511. The normalized spacial score (nSPS) is 38.8. The van der Waals surface area contributed by atoms with Gasteiger partial charge in [-0.05, 0) is 31.1 Å². The molecular weight excluding hydrogens is 168 g/mol. The van der Waals surface area contributed by atoms with Crippen LogP contribution in [-0.4, -0.2) is 5.38 Å². The molecule has 0 saturated heterocycles. The molecule has 0 bridgehead atoms. The van der Waals surface area contributed by atoms with Gasteiger partial charge in [0.15, 0.2) is 0 Å². The van der Waals surface area contributed by atoms with E-state index in [1.807, 2.05) is 0 Å². The van der Waals surface area contributed by atoms with Gasteiger partial charge in [0.1, 0.15) is 0 Å². The first-order chi connectivity index (χ1) is 5.86. The summed E-state index contributed by atoms with van der Waals surface area (Å²) >= 11 is 6.13. The lowest BCUT2D eigenvalue weighted by atomic mass is 9.79. The van der Waals surface area contributed by atoms with Crippen LogP contribution in [0.15, 0.2) is 0 Å². The average Bonchev–Trinajstić information content (AvgIpc) is 2.54. The topological polar surface area (TPSA) is 0 Å². The molecule has 0 aliphatic heterocycles. The highest BCUT2D eigenvalue weighted by Crippen LogP contribution is 2.40. The van der Waals surface area contributed by atoms with Crippen molar-refractivity contribution >= 4 is 11.6 Å². The van der Waals surface area contributed by atoms with E-state index in [0.29, 0.717) is 5.38 Å². The molecule has 2 rings (SSSR count). The lowest BCUT2D eigenvalue weighted by Gasteiger charge is -2.27. The number of hydrogen-bond donors (Lipinski definition) is 0. The predicted molar refractivity (Wildman–Crippen MR) is 53.6 cm³/mol. The van der Waals surface area contributed by atoms with Gasteiger partial charge >= 0.3 is 0 Å². The lowest BCUT2D eigenvalue weighted by Crippen LogP contribution is -2.15. The fraction of sp³-hybridized carbons (Fsp3) is 1.00. The Labute approximate surface area is 80.7 Å². The summed E-state index contributed by atoms with van der Waals surface area (Å²) in [6, 6.07) is 0. The molecule has 0 nitrogen and oxygen atoms in total. The van der Waals surface area contributed by atoms with Crippen LogP contribution in [0.25, 0.3) is 0 Å². The second kappa shape index (κ2) is 4.00. The maximum Gasteiger partial charge on any atom is 0.0338 e. The second-order valence-corrected chi connectivity index (χ2v) is 5.19. The minimum atomic E-state index is 0.511. The maximum atomic E-state index is 6.13. The van der Waals surface area contributed by atoms with E-state index in [-0.39, 0.29) is 0 Å². The third-order valence-corrected chi connectivity index (χ3v) is 4.12. The lowest BCUT2D eigenvalue weighted by molar-refractivity contribution is 0.252. The van der Waals surface area contributed by atoms with Gasteiger partial charge in [-0.15, -0.1) is 11.6 Å². The molecule has 0 heterocycles. The molecule has 2 aliphatic carbocycles. The zero-order valence-corrected chi connectivity index (χ0v) is 8.52. The van der Waals surface area contributed by atoms with E-state index < -0.39 is 0 Å². The highest BCUT2D eigenvalue weighted by molar-refractivity contribution is 6.20. The van der Waals surface area contributed by atoms with Crippen LogP contribution in [-0.2, 0) is 0 Å². The fourth-order valence-electron chi connectivity index (χ4n) is 2.99. The summed E-state index contributed by atoms with van der Waals surface area (Å²) < 4.78 is 0. The van der Waals surface area contributed by atoms with E-state index in [4.69, 9.17) is 11.6 Å². The van der Waals surface area contributed by atoms with Crippen molar-refractivity contribution in [1.29, 1.82) is 0 Å². The minimum Gasteiger partial charge on any atom is -0.123 e. The Balaban J connectivity index is 1.83. The Kier molecular flexibility index (Phi) is 2.96. The molecular formula is C11H19Cl. The zero-order chi connectivity index (χ0) is 8.39. The van der Waals surface area contributed by atoms with E-state index in [2.05, 4.69) is 0 Å². The van der Waals surface area contributed by atoms with Crippen molar-refractivity contribution < 1.29 is 0 Å². The molecule has 0 N–H and O–H groups in total. The van der Waals surface area contributed by atoms with Crippen LogP contribution in [0.2, 0.25) is 0 Å². The molecule has 0 aromatic heterocycles. The molecule has 2 unspecified atom stereocenters. The summed E-state index contributed by atoms with van der Waals surface area (Å²) in [6.07, 6.45) is 11.4. The molecule has 12 heavy (non-hydrogen) atoms. The van der Waals surface area contributed by atoms with Crippen LogP contribution < -0.4 is 0 Å². The third kappa shape index (κ3) is 1.96. The van der Waals surface area contributed by atoms with Gasteiger partial charge in [-0.1, -0.05) is 32.1 Å². The van der Waals surface area contributed by atoms with Crippen molar-refractivity contribution in [1.82, 2.24) is 0 Å². The van der Waals surface area contributed by atoms with Gasteiger partial charge in [-0.3, -0.25) is 0 Å². The van der Waals surface area contributed by atoms with E-state index in [0.717, 1.165) is 11.8 Å². The van der Waals surface area contributed by atoms with Gasteiger partial charge < -0.3 is 0 Å². The summed E-state index contributed by atoms with van der Waals surface area (Å²) in [5.74, 6) is 2.04. The van der Waals surface area contributed by atoms with Gasteiger partial charge in [-0.2, -0.15) is 0 Å². The zero-order valence-electron chi connectivity index (χ0n) is 7.77. The quantitative estimate of drug-likeness (QED) is 0.544. The Morgan fingerprint density at radius 1 is 0.750 bits per heavy atom. The van der Waals surface area contributed by atoms with Gasteiger partial charge in [0.05, 0.1) is 0 Å². The molecule has 0 radical (unpaired) electrons. The second-order valence-electron chi connectivity index (χ2n) is 4.57. The first kappa shape index (κ1) is 8.87. The summed E-state index contributed by atoms with van der Waals surface area (Å²) in [4.78, 5) is 0. The van der Waals surface area contributed by atoms with E-state index in [1.165, 1.54) is 51.4 Å². The third-order valence-electron chi connectivity index (χ3n) is 3.73. The van der Waals surface area contributed by atoms with Gasteiger partial charge in [0.2, 0.25) is 0 Å². The molecule has 0 aromatic carbocycles. The first-order valence-corrected chi connectivity index (χ1v) is 5.94. The van der Waals surface area contributed by atoms with E-state index in [9.17, 15) is 0 Å². The molecule has 1 heteroatoms. The van der Waals surface area contributed by atoms with Crippen molar-refractivity contribution in [2.75, 3.05) is 0 Å². The van der Waals surface area contributed by atoms with Crippen molar-refractivity contribution in [2.45, 2.75) is 56.7 Å². The molecule has 2 saturated carbocycles. The van der Waals surface area contributed by atoms with E-state index in [1.54, 1.807) is 0 Å². The molecule has 2 atom stereocenters. The summed E-state index contributed by atoms with van der Waals surface area (Å²) in [7, 11) is 0. The fourth-order valence-corrected chi connectivity index (χ4v) is 3.35. The van der Waals surface area contributed by atoms with Crippen LogP contribution in [0.5, 0.6) is 0 Å². The van der Waals surface area contributed by atoms with Crippen molar-refractivity contribution in [3.8, 4) is 0 Å². The first-order valence-electron chi connectivity index (χ1n) is 5.50. The molecule has 0 aromatic rings. The minimum absolute atomic E-state index is 0.511. The van der Waals surface area contributed by atoms with Gasteiger partial charge in [0, 0.05) is 5.38 Å². The number of hydrogen-bond acceptors (Lipinski definition) is 0. The van der Waals surface area contributed by atoms with Gasteiger partial charge in [0.25, 0.3) is 0 Å². The Morgan fingerprint density at radius 3 is 2.08 bits per heavy atom. The highest BCUT2D eigenvalue weighted by atomic mass is 35.5. The van der Waals surface area contributed by atoms with Gasteiger partial charge in [-0.25, -0.2) is 0 Å². The average molecular weight is 187 g/mol. The molecule has 0 amide bonds. The largest absolute Gasteiger partial charge is 0.123 e. The Bertz CT molecular complexity index is 135. The Hall–Kier alpha value is 0.290. The summed E-state index contributed by atoms with van der Waals surface area (Å²) in [6.45, 7) is 0. The summed E-state index contributed by atoms with van der Waals surface area (Å²) in [5.41, 5.74) is 0. The number of halogens is 1.